The molecule has 51 heavy (non-hydrogen) atoms. The van der Waals surface area contributed by atoms with Crippen molar-refractivity contribution in [2.75, 3.05) is 0 Å². The van der Waals surface area contributed by atoms with Crippen molar-refractivity contribution in [2.24, 2.45) is 0 Å². The van der Waals surface area contributed by atoms with Gasteiger partial charge in [-0.3, -0.25) is 0 Å². The van der Waals surface area contributed by atoms with E-state index >= 15 is 0 Å². The third kappa shape index (κ3) is 4.05. The lowest BCUT2D eigenvalue weighted by Gasteiger charge is -2.23. The van der Waals surface area contributed by atoms with Crippen LogP contribution in [0.2, 0.25) is 0 Å². The van der Waals surface area contributed by atoms with Gasteiger partial charge in [-0.25, -0.2) is 0 Å². The molecular weight excluding hydrogens is 619 g/mol. The van der Waals surface area contributed by atoms with Crippen LogP contribution < -0.4 is 0 Å². The van der Waals surface area contributed by atoms with E-state index in [0.717, 1.165) is 11.2 Å². The minimum atomic E-state index is -0.213. The summed E-state index contributed by atoms with van der Waals surface area (Å²) in [6.07, 6.45) is 0. The second kappa shape index (κ2) is 10.3. The Balaban J connectivity index is 1.13. The maximum Gasteiger partial charge on any atom is 0.135 e. The van der Waals surface area contributed by atoms with Gasteiger partial charge in [0.15, 0.2) is 0 Å². The van der Waals surface area contributed by atoms with Crippen LogP contribution in [-0.4, -0.2) is 4.57 Å². The first-order valence-electron chi connectivity index (χ1n) is 17.8. The van der Waals surface area contributed by atoms with Gasteiger partial charge in [-0.15, -0.1) is 0 Å². The van der Waals surface area contributed by atoms with E-state index in [2.05, 4.69) is 182 Å². The fraction of sp³-hybridized carbons (Fsp3) is 0.0612. The smallest absolute Gasteiger partial charge is 0.135 e. The quantitative estimate of drug-likeness (QED) is 0.186. The third-order valence-corrected chi connectivity index (χ3v) is 11.3. The van der Waals surface area contributed by atoms with Gasteiger partial charge in [-0.2, -0.15) is 0 Å². The van der Waals surface area contributed by atoms with Crippen LogP contribution in [0.25, 0.3) is 93.6 Å². The van der Waals surface area contributed by atoms with E-state index in [0.29, 0.717) is 0 Å². The van der Waals surface area contributed by atoms with Gasteiger partial charge in [0.25, 0.3) is 0 Å². The zero-order chi connectivity index (χ0) is 33.8. The monoisotopic (exact) mass is 651 g/mol. The summed E-state index contributed by atoms with van der Waals surface area (Å²) in [6, 6.07) is 60.0. The molecule has 0 bridgehead atoms. The number of rotatable bonds is 3. The van der Waals surface area contributed by atoms with Crippen LogP contribution in [0.5, 0.6) is 0 Å². The number of para-hydroxylation sites is 1. The Kier molecular flexibility index (Phi) is 5.76. The Hall–Kier alpha value is -6.38. The highest BCUT2D eigenvalue weighted by Gasteiger charge is 2.38. The zero-order valence-electron chi connectivity index (χ0n) is 28.4. The Labute approximate surface area is 295 Å². The van der Waals surface area contributed by atoms with Crippen molar-refractivity contribution >= 4 is 54.5 Å². The summed E-state index contributed by atoms with van der Waals surface area (Å²) in [6.45, 7) is 4.74. The number of aromatic nitrogens is 1. The van der Waals surface area contributed by atoms with Crippen LogP contribution in [0, 0.1) is 0 Å². The molecule has 0 atom stereocenters. The molecule has 1 aliphatic rings. The number of hydrogen-bond acceptors (Lipinski definition) is 1. The molecule has 0 amide bonds. The van der Waals surface area contributed by atoms with Crippen LogP contribution in [0.15, 0.2) is 168 Å². The molecule has 2 aromatic heterocycles. The maximum atomic E-state index is 6.35. The van der Waals surface area contributed by atoms with E-state index < -0.39 is 0 Å². The number of nitrogens with zero attached hydrogens (tertiary/aromatic N) is 1. The molecule has 240 valence electrons. The summed E-state index contributed by atoms with van der Waals surface area (Å²) < 4.78 is 8.81. The molecule has 2 nitrogen and oxygen atoms in total. The molecule has 2 heterocycles. The minimum Gasteiger partial charge on any atom is -0.456 e. The van der Waals surface area contributed by atoms with Crippen LogP contribution in [0.3, 0.4) is 0 Å². The molecule has 0 radical (unpaired) electrons. The lowest BCUT2D eigenvalue weighted by molar-refractivity contribution is 0.656. The number of benzene rings is 8. The molecule has 0 fully saturated rings. The molecule has 0 N–H and O–H groups in total. The van der Waals surface area contributed by atoms with E-state index in [1.165, 1.54) is 93.5 Å². The zero-order valence-corrected chi connectivity index (χ0v) is 28.4. The molecule has 0 aliphatic heterocycles. The Bertz CT molecular complexity index is 3050. The van der Waals surface area contributed by atoms with Crippen LogP contribution in [0.1, 0.15) is 25.0 Å². The number of fused-ring (bicyclic) bond motifs is 11. The largest absolute Gasteiger partial charge is 0.456 e. The van der Waals surface area contributed by atoms with Gasteiger partial charge in [0.2, 0.25) is 0 Å². The molecule has 1 aliphatic carbocycles. The van der Waals surface area contributed by atoms with Crippen molar-refractivity contribution in [3.63, 3.8) is 0 Å². The highest BCUT2D eigenvalue weighted by atomic mass is 16.3. The topological polar surface area (TPSA) is 18.1 Å². The van der Waals surface area contributed by atoms with E-state index in [4.69, 9.17) is 4.42 Å². The van der Waals surface area contributed by atoms with Crippen molar-refractivity contribution in [3.8, 4) is 39.1 Å². The molecule has 0 unspecified atom stereocenters. The fourth-order valence-corrected chi connectivity index (χ4v) is 8.91. The summed E-state index contributed by atoms with van der Waals surface area (Å²) >= 11 is 0. The maximum absolute atomic E-state index is 6.35. The standard InChI is InChI=1S/C49H33NO/c1-49(2)42-29-36(20-21-37(42)38-22-25-46-47(48(38)49)39-14-8-9-15-45(39)51-46)50-43-23-18-34(30-10-4-3-5-11-30)27-40(43)41-28-35(19-24-44(41)50)33-17-16-31-12-6-7-13-32(31)26-33/h3-29H,1-2H3. The third-order valence-electron chi connectivity index (χ3n) is 11.3. The summed E-state index contributed by atoms with van der Waals surface area (Å²) in [5, 5.41) is 7.44. The van der Waals surface area contributed by atoms with E-state index in [-0.39, 0.29) is 5.41 Å². The van der Waals surface area contributed by atoms with E-state index in [1.807, 2.05) is 0 Å². The average molecular weight is 652 g/mol. The Morgan fingerprint density at radius 1 is 0.451 bits per heavy atom. The summed E-state index contributed by atoms with van der Waals surface area (Å²) in [7, 11) is 0. The second-order valence-corrected chi connectivity index (χ2v) is 14.5. The summed E-state index contributed by atoms with van der Waals surface area (Å²) in [5.41, 5.74) is 15.5. The Morgan fingerprint density at radius 3 is 1.90 bits per heavy atom. The molecule has 8 aromatic carbocycles. The van der Waals surface area contributed by atoms with Crippen LogP contribution in [0.4, 0.5) is 0 Å². The predicted octanol–water partition coefficient (Wildman–Crippen LogP) is 13.5. The van der Waals surface area contributed by atoms with Crippen molar-refractivity contribution in [3.05, 3.63) is 175 Å². The SMILES string of the molecule is CC1(C)c2cc(-n3c4ccc(-c5ccccc5)cc4c4cc(-c5ccc6ccccc6c5)ccc43)ccc2-c2ccc3oc4ccccc4c3c21. The van der Waals surface area contributed by atoms with Gasteiger partial charge in [-0.1, -0.05) is 123 Å². The molecule has 2 heteroatoms. The number of furan rings is 1. The first-order chi connectivity index (χ1) is 25.0. The molecule has 10 aromatic rings. The molecule has 0 saturated heterocycles. The van der Waals surface area contributed by atoms with Crippen molar-refractivity contribution in [2.45, 2.75) is 19.3 Å². The van der Waals surface area contributed by atoms with Gasteiger partial charge in [0, 0.05) is 32.6 Å². The fourth-order valence-electron chi connectivity index (χ4n) is 8.91. The van der Waals surface area contributed by atoms with Crippen LogP contribution >= 0.6 is 0 Å². The second-order valence-electron chi connectivity index (χ2n) is 14.5. The lowest BCUT2D eigenvalue weighted by atomic mass is 9.80. The minimum absolute atomic E-state index is 0.213. The van der Waals surface area contributed by atoms with Crippen molar-refractivity contribution in [1.82, 2.24) is 4.57 Å². The number of hydrogen-bond donors (Lipinski definition) is 0. The average Bonchev–Trinajstić information content (AvgIpc) is 3.79. The van der Waals surface area contributed by atoms with Gasteiger partial charge >= 0.3 is 0 Å². The Morgan fingerprint density at radius 2 is 1.10 bits per heavy atom. The van der Waals surface area contributed by atoms with E-state index in [1.54, 1.807) is 0 Å². The van der Waals surface area contributed by atoms with Crippen LogP contribution in [-0.2, 0) is 5.41 Å². The van der Waals surface area contributed by atoms with E-state index in [9.17, 15) is 0 Å². The lowest BCUT2D eigenvalue weighted by Crippen LogP contribution is -2.15. The normalized spacial score (nSPS) is 13.5. The predicted molar refractivity (Wildman–Crippen MR) is 214 cm³/mol. The van der Waals surface area contributed by atoms with Gasteiger partial charge < -0.3 is 8.98 Å². The highest BCUT2D eigenvalue weighted by molar-refractivity contribution is 6.13. The molecule has 0 saturated carbocycles. The molecule has 0 spiro atoms. The summed E-state index contributed by atoms with van der Waals surface area (Å²) in [4.78, 5) is 0. The van der Waals surface area contributed by atoms with Gasteiger partial charge in [-0.05, 0) is 110 Å². The van der Waals surface area contributed by atoms with Crippen molar-refractivity contribution in [1.29, 1.82) is 0 Å². The first-order valence-corrected chi connectivity index (χ1v) is 17.8. The molecule has 11 rings (SSSR count). The summed E-state index contributed by atoms with van der Waals surface area (Å²) in [5.74, 6) is 0. The molecular formula is C49H33NO. The van der Waals surface area contributed by atoms with Gasteiger partial charge in [0.1, 0.15) is 11.2 Å². The van der Waals surface area contributed by atoms with Gasteiger partial charge in [0.05, 0.1) is 11.0 Å². The highest BCUT2D eigenvalue weighted by Crippen LogP contribution is 2.53. The first kappa shape index (κ1) is 28.5. The van der Waals surface area contributed by atoms with Crippen molar-refractivity contribution < 1.29 is 4.42 Å².